The molecule has 1 aliphatic rings. The van der Waals surface area contributed by atoms with Crippen molar-refractivity contribution in [1.82, 2.24) is 9.88 Å². The number of carbonyl (C=O) groups is 2. The molecule has 158 valence electrons. The molecule has 0 atom stereocenters. The molecule has 3 rings (SSSR count). The van der Waals surface area contributed by atoms with Crippen LogP contribution in [0.2, 0.25) is 0 Å². The lowest BCUT2D eigenvalue weighted by Crippen LogP contribution is -2.34. The first-order valence-electron chi connectivity index (χ1n) is 10.3. The second-order valence-corrected chi connectivity index (χ2v) is 7.51. The average Bonchev–Trinajstić information content (AvgIpc) is 2.89. The largest absolute Gasteiger partial charge is 0.462 e. The van der Waals surface area contributed by atoms with Crippen molar-refractivity contribution in [2.24, 2.45) is 0 Å². The van der Waals surface area contributed by atoms with Gasteiger partial charge in [-0.05, 0) is 44.9 Å². The van der Waals surface area contributed by atoms with Gasteiger partial charge in [-0.2, -0.15) is 5.26 Å². The van der Waals surface area contributed by atoms with Gasteiger partial charge >= 0.3 is 5.97 Å². The molecule has 0 unspecified atom stereocenters. The zero-order valence-corrected chi connectivity index (χ0v) is 17.8. The number of ether oxygens (including phenoxy) is 1. The summed E-state index contributed by atoms with van der Waals surface area (Å²) >= 11 is 0. The molecule has 0 saturated carbocycles. The van der Waals surface area contributed by atoms with Crippen molar-refractivity contribution in [1.29, 1.82) is 5.26 Å². The minimum Gasteiger partial charge on any atom is -0.462 e. The monoisotopic (exact) mass is 408 g/mol. The standard InChI is InChI=1S/C23H28N4O3/c1-4-30-23(29)21-16(2)22(25-17(21)3)20(28)15-26-10-7-11-27(13-12-26)19-9-6-5-8-18(19)14-24/h5-6,8-9,25H,4,7,10-13,15H2,1-3H3. The number of aromatic nitrogens is 1. The van der Waals surface area contributed by atoms with Crippen LogP contribution in [0.1, 0.15) is 51.0 Å². The van der Waals surface area contributed by atoms with Gasteiger partial charge in [0, 0.05) is 31.9 Å². The lowest BCUT2D eigenvalue weighted by molar-refractivity contribution is 0.0525. The Morgan fingerprint density at radius 3 is 2.67 bits per heavy atom. The maximum absolute atomic E-state index is 13.0. The van der Waals surface area contributed by atoms with E-state index < -0.39 is 5.97 Å². The summed E-state index contributed by atoms with van der Waals surface area (Å²) in [7, 11) is 0. The molecule has 1 aromatic carbocycles. The number of ketones is 1. The van der Waals surface area contributed by atoms with E-state index in [1.165, 1.54) is 0 Å². The van der Waals surface area contributed by atoms with Crippen molar-refractivity contribution in [3.05, 3.63) is 52.3 Å². The van der Waals surface area contributed by atoms with Gasteiger partial charge in [-0.15, -0.1) is 0 Å². The Labute approximate surface area is 177 Å². The molecular weight excluding hydrogens is 380 g/mol. The van der Waals surface area contributed by atoms with E-state index in [0.29, 0.717) is 34.7 Å². The number of nitriles is 1. The lowest BCUT2D eigenvalue weighted by atomic mass is 10.1. The molecule has 0 bridgehead atoms. The van der Waals surface area contributed by atoms with Crippen molar-refractivity contribution in [2.75, 3.05) is 44.2 Å². The number of rotatable bonds is 6. The van der Waals surface area contributed by atoms with Crippen LogP contribution in [-0.4, -0.2) is 61.0 Å². The minimum absolute atomic E-state index is 0.0305. The fourth-order valence-electron chi connectivity index (χ4n) is 4.03. The second kappa shape index (κ2) is 9.59. The van der Waals surface area contributed by atoms with E-state index in [4.69, 9.17) is 4.74 Å². The molecule has 1 N–H and O–H groups in total. The Balaban J connectivity index is 1.68. The number of nitrogens with one attached hydrogen (secondary N) is 1. The number of carbonyl (C=O) groups excluding carboxylic acids is 2. The van der Waals surface area contributed by atoms with E-state index in [2.05, 4.69) is 20.9 Å². The van der Waals surface area contributed by atoms with E-state index in [1.807, 2.05) is 24.3 Å². The summed E-state index contributed by atoms with van der Waals surface area (Å²) in [5.41, 5.74) is 3.86. The summed E-state index contributed by atoms with van der Waals surface area (Å²) < 4.78 is 5.11. The summed E-state index contributed by atoms with van der Waals surface area (Å²) in [6, 6.07) is 9.88. The Kier molecular flexibility index (Phi) is 6.91. The Morgan fingerprint density at radius 2 is 1.93 bits per heavy atom. The van der Waals surface area contributed by atoms with Crippen LogP contribution in [0, 0.1) is 25.2 Å². The van der Waals surface area contributed by atoms with Crippen LogP contribution >= 0.6 is 0 Å². The van der Waals surface area contributed by atoms with Gasteiger partial charge in [-0.3, -0.25) is 9.69 Å². The third-order valence-electron chi connectivity index (χ3n) is 5.52. The van der Waals surface area contributed by atoms with Crippen molar-refractivity contribution in [3.63, 3.8) is 0 Å². The highest BCUT2D eigenvalue weighted by atomic mass is 16.5. The van der Waals surface area contributed by atoms with Gasteiger partial charge in [0.25, 0.3) is 0 Å². The molecule has 1 fully saturated rings. The minimum atomic E-state index is -0.399. The van der Waals surface area contributed by atoms with Gasteiger partial charge in [0.2, 0.25) is 0 Å². The number of esters is 1. The molecule has 0 aliphatic carbocycles. The molecular formula is C23H28N4O3. The first-order chi connectivity index (χ1) is 14.5. The molecule has 30 heavy (non-hydrogen) atoms. The Morgan fingerprint density at radius 1 is 1.17 bits per heavy atom. The fraction of sp³-hybridized carbons (Fsp3) is 0.435. The number of para-hydroxylation sites is 1. The molecule has 0 amide bonds. The summed E-state index contributed by atoms with van der Waals surface area (Å²) in [5.74, 6) is -0.429. The molecule has 2 aromatic rings. The molecule has 1 aromatic heterocycles. The molecule has 0 radical (unpaired) electrons. The van der Waals surface area contributed by atoms with Crippen LogP contribution in [0.4, 0.5) is 5.69 Å². The van der Waals surface area contributed by atoms with Gasteiger partial charge in [0.05, 0.1) is 35.7 Å². The van der Waals surface area contributed by atoms with Gasteiger partial charge < -0.3 is 14.6 Å². The highest BCUT2D eigenvalue weighted by molar-refractivity contribution is 6.02. The van der Waals surface area contributed by atoms with Crippen LogP contribution in [-0.2, 0) is 4.74 Å². The number of Topliss-reactive ketones (excluding diaryl/α,β-unsaturated/α-hetero) is 1. The number of H-pyrrole nitrogens is 1. The topological polar surface area (TPSA) is 89.4 Å². The maximum atomic E-state index is 13.0. The van der Waals surface area contributed by atoms with Gasteiger partial charge in [-0.25, -0.2) is 4.79 Å². The Bertz CT molecular complexity index is 973. The Hall–Kier alpha value is -3.11. The van der Waals surface area contributed by atoms with Crippen LogP contribution < -0.4 is 4.90 Å². The zero-order valence-electron chi connectivity index (χ0n) is 17.8. The predicted octanol–water partition coefficient (Wildman–Crippen LogP) is 3.07. The van der Waals surface area contributed by atoms with E-state index in [1.54, 1.807) is 20.8 Å². The number of hydrogen-bond acceptors (Lipinski definition) is 6. The van der Waals surface area contributed by atoms with Crippen LogP contribution in [0.25, 0.3) is 0 Å². The first kappa shape index (κ1) is 21.6. The third kappa shape index (κ3) is 4.55. The van der Waals surface area contributed by atoms with Crippen LogP contribution in [0.15, 0.2) is 24.3 Å². The first-order valence-corrected chi connectivity index (χ1v) is 10.3. The molecule has 0 spiro atoms. The average molecular weight is 409 g/mol. The molecule has 7 heteroatoms. The van der Waals surface area contributed by atoms with Crippen molar-refractivity contribution in [3.8, 4) is 6.07 Å². The smallest absolute Gasteiger partial charge is 0.340 e. The number of anilines is 1. The van der Waals surface area contributed by atoms with Crippen molar-refractivity contribution >= 4 is 17.4 Å². The number of nitrogens with zero attached hydrogens (tertiary/aromatic N) is 3. The number of aryl methyl sites for hydroxylation is 1. The molecule has 2 heterocycles. The van der Waals surface area contributed by atoms with Gasteiger partial charge in [0.1, 0.15) is 6.07 Å². The normalized spacial score (nSPS) is 14.8. The summed E-state index contributed by atoms with van der Waals surface area (Å²) in [6.45, 7) is 9.05. The number of aromatic amines is 1. The molecule has 7 nitrogen and oxygen atoms in total. The number of benzene rings is 1. The highest BCUT2D eigenvalue weighted by Crippen LogP contribution is 2.22. The summed E-state index contributed by atoms with van der Waals surface area (Å²) in [4.78, 5) is 32.6. The van der Waals surface area contributed by atoms with E-state index >= 15 is 0 Å². The number of hydrogen-bond donors (Lipinski definition) is 1. The fourth-order valence-corrected chi connectivity index (χ4v) is 4.03. The SMILES string of the molecule is CCOC(=O)c1c(C)[nH]c(C(=O)CN2CCCN(c3ccccc3C#N)CC2)c1C. The predicted molar refractivity (Wildman–Crippen MR) is 115 cm³/mol. The van der Waals surface area contributed by atoms with Gasteiger partial charge in [-0.1, -0.05) is 12.1 Å². The summed E-state index contributed by atoms with van der Waals surface area (Å²) in [5, 5.41) is 9.37. The molecule has 1 aliphatic heterocycles. The van der Waals surface area contributed by atoms with E-state index in [9.17, 15) is 14.9 Å². The zero-order chi connectivity index (χ0) is 21.7. The van der Waals surface area contributed by atoms with Gasteiger partial charge in [0.15, 0.2) is 5.78 Å². The quantitative estimate of drug-likeness (QED) is 0.584. The summed E-state index contributed by atoms with van der Waals surface area (Å²) in [6.07, 6.45) is 0.907. The lowest BCUT2D eigenvalue weighted by Gasteiger charge is -2.24. The van der Waals surface area contributed by atoms with Crippen LogP contribution in [0.3, 0.4) is 0 Å². The molecule has 1 saturated heterocycles. The van der Waals surface area contributed by atoms with E-state index in [0.717, 1.165) is 38.3 Å². The second-order valence-electron chi connectivity index (χ2n) is 7.51. The highest BCUT2D eigenvalue weighted by Gasteiger charge is 2.25. The van der Waals surface area contributed by atoms with Crippen LogP contribution in [0.5, 0.6) is 0 Å². The third-order valence-corrected chi connectivity index (χ3v) is 5.52. The van der Waals surface area contributed by atoms with E-state index in [-0.39, 0.29) is 12.3 Å². The maximum Gasteiger partial charge on any atom is 0.340 e. The van der Waals surface area contributed by atoms with Crippen molar-refractivity contribution < 1.29 is 14.3 Å². The van der Waals surface area contributed by atoms with Crippen molar-refractivity contribution in [2.45, 2.75) is 27.2 Å².